The average Bonchev–Trinajstić information content (AvgIpc) is 3.52. The van der Waals surface area contributed by atoms with Gasteiger partial charge in [-0.15, -0.1) is 17.9 Å². The SMILES string of the molecule is C=CCC1C(=O)C(C)(C)C(OC(=O)OCc2ccc(OC(=O)CCCN3C(=O)C=CC3=O)c([N+](=O)[O-])c2)CC(=O)OC(c2ccc3sc(C)nc3c2)CC2OC2(C)CCCC(C)C1O. The van der Waals surface area contributed by atoms with Crippen LogP contribution in [0.2, 0.25) is 0 Å². The summed E-state index contributed by atoms with van der Waals surface area (Å²) in [5.74, 6) is -4.76. The van der Waals surface area contributed by atoms with Crippen molar-refractivity contribution in [3.8, 4) is 5.75 Å². The lowest BCUT2D eigenvalue weighted by Gasteiger charge is -2.37. The second-order valence-electron chi connectivity index (χ2n) is 17.3. The van der Waals surface area contributed by atoms with E-state index in [9.17, 15) is 44.0 Å². The van der Waals surface area contributed by atoms with Crippen LogP contribution in [0.5, 0.6) is 5.75 Å². The number of aliphatic hydroxyl groups excluding tert-OH is 1. The van der Waals surface area contributed by atoms with Crippen molar-refractivity contribution in [1.82, 2.24) is 9.88 Å². The first-order valence-electron chi connectivity index (χ1n) is 21.2. The van der Waals surface area contributed by atoms with Gasteiger partial charge in [0.2, 0.25) is 5.75 Å². The van der Waals surface area contributed by atoms with E-state index in [1.807, 2.05) is 39.0 Å². The van der Waals surface area contributed by atoms with Crippen molar-refractivity contribution in [1.29, 1.82) is 0 Å². The van der Waals surface area contributed by atoms with Crippen LogP contribution in [0.25, 0.3) is 10.2 Å². The Morgan fingerprint density at radius 1 is 1.11 bits per heavy atom. The highest BCUT2D eigenvalue weighted by Gasteiger charge is 2.53. The molecule has 7 atom stereocenters. The van der Waals surface area contributed by atoms with Crippen molar-refractivity contribution < 1.29 is 62.5 Å². The number of hydrogen-bond donors (Lipinski definition) is 1. The monoisotopic (exact) mass is 903 g/mol. The number of allylic oxidation sites excluding steroid dienone is 1. The van der Waals surface area contributed by atoms with Gasteiger partial charge in [-0.05, 0) is 88.6 Å². The molecule has 2 fully saturated rings. The molecule has 342 valence electrons. The molecular weight excluding hydrogens is 851 g/mol. The van der Waals surface area contributed by atoms with Gasteiger partial charge < -0.3 is 28.8 Å². The third kappa shape index (κ3) is 11.3. The van der Waals surface area contributed by atoms with Crippen LogP contribution in [0.1, 0.15) is 101 Å². The number of imide groups is 1. The number of esters is 2. The van der Waals surface area contributed by atoms with Crippen LogP contribution >= 0.6 is 11.3 Å². The highest BCUT2D eigenvalue weighted by molar-refractivity contribution is 7.18. The molecule has 64 heavy (non-hydrogen) atoms. The number of nitro groups is 1. The predicted molar refractivity (Wildman–Crippen MR) is 231 cm³/mol. The number of carbonyl (C=O) groups excluding carboxylic acids is 6. The zero-order valence-corrected chi connectivity index (χ0v) is 37.3. The molecule has 7 unspecified atom stereocenters. The van der Waals surface area contributed by atoms with Gasteiger partial charge in [0.05, 0.1) is 49.8 Å². The number of hydrogen-bond acceptors (Lipinski definition) is 16. The summed E-state index contributed by atoms with van der Waals surface area (Å²) in [5.41, 5.74) is -1.12. The summed E-state index contributed by atoms with van der Waals surface area (Å²) >= 11 is 1.54. The summed E-state index contributed by atoms with van der Waals surface area (Å²) in [5, 5.41) is 24.5. The normalized spacial score (nSPS) is 26.2. The smallest absolute Gasteiger partial charge is 0.457 e. The number of aromatic nitrogens is 1. The number of amides is 2. The minimum absolute atomic E-state index is 0.0434. The second-order valence-corrected chi connectivity index (χ2v) is 18.6. The molecule has 18 heteroatoms. The molecule has 0 saturated carbocycles. The summed E-state index contributed by atoms with van der Waals surface area (Å²) in [4.78, 5) is 94.9. The van der Waals surface area contributed by atoms with Crippen molar-refractivity contribution in [2.75, 3.05) is 6.54 Å². The fourth-order valence-electron chi connectivity index (χ4n) is 8.26. The zero-order valence-electron chi connectivity index (χ0n) is 36.4. The fraction of sp³-hybridized carbons (Fsp3) is 0.500. The molecule has 3 aliphatic heterocycles. The molecule has 3 aliphatic rings. The van der Waals surface area contributed by atoms with Crippen LogP contribution < -0.4 is 4.74 Å². The highest BCUT2D eigenvalue weighted by atomic mass is 32.1. The summed E-state index contributed by atoms with van der Waals surface area (Å²) in [6.45, 7) is 12.0. The zero-order chi connectivity index (χ0) is 46.5. The summed E-state index contributed by atoms with van der Waals surface area (Å²) in [6.07, 6.45) is 0.582. The fourth-order valence-corrected chi connectivity index (χ4v) is 9.07. The standard InChI is InChI=1S/C46H53N3O14S/c1-7-10-30-42(54)26(2)11-8-19-46(6)37(63-46)23-34(29-14-16-35-31(22-29)47-27(3)64-35)61-41(53)24-36(45(4,5)43(30)55)62-44(56)59-25-28-13-15-33(32(21-28)49(57)58)60-40(52)12-9-20-48-38(50)17-18-39(48)51/h7,13-18,21-22,26,30,34,36-37,42,54H,1,8-12,19-20,23-25H2,2-6H3. The number of thiazole rings is 1. The lowest BCUT2D eigenvalue weighted by atomic mass is 9.71. The van der Waals surface area contributed by atoms with E-state index in [-0.39, 0.29) is 49.1 Å². The van der Waals surface area contributed by atoms with Crippen LogP contribution in [0.4, 0.5) is 10.5 Å². The van der Waals surface area contributed by atoms with E-state index < -0.39 is 94.6 Å². The number of carbonyl (C=O) groups is 6. The van der Waals surface area contributed by atoms with Gasteiger partial charge in [-0.2, -0.15) is 0 Å². The van der Waals surface area contributed by atoms with Gasteiger partial charge in [-0.3, -0.25) is 39.0 Å². The molecule has 4 heterocycles. The van der Waals surface area contributed by atoms with E-state index in [1.165, 1.54) is 37.3 Å². The van der Waals surface area contributed by atoms with Gasteiger partial charge in [0.15, 0.2) is 0 Å². The first kappa shape index (κ1) is 47.6. The van der Waals surface area contributed by atoms with Gasteiger partial charge in [-0.25, -0.2) is 9.78 Å². The number of epoxide rings is 1. The van der Waals surface area contributed by atoms with Crippen molar-refractivity contribution in [2.45, 2.75) is 123 Å². The van der Waals surface area contributed by atoms with Crippen molar-refractivity contribution in [3.05, 3.63) is 87.5 Å². The molecule has 2 aromatic carbocycles. The van der Waals surface area contributed by atoms with Gasteiger partial charge in [0.25, 0.3) is 11.8 Å². The molecule has 2 amide bonds. The molecule has 0 bridgehead atoms. The second kappa shape index (κ2) is 19.9. The van der Waals surface area contributed by atoms with Gasteiger partial charge >= 0.3 is 23.8 Å². The van der Waals surface area contributed by atoms with Crippen LogP contribution in [-0.2, 0) is 49.5 Å². The Bertz CT molecular complexity index is 2340. The van der Waals surface area contributed by atoms with E-state index in [4.69, 9.17) is 23.7 Å². The average molecular weight is 904 g/mol. The molecule has 1 N–H and O–H groups in total. The Morgan fingerprint density at radius 3 is 2.55 bits per heavy atom. The molecule has 1 aromatic heterocycles. The van der Waals surface area contributed by atoms with Crippen LogP contribution in [-0.4, -0.2) is 86.1 Å². The highest BCUT2D eigenvalue weighted by Crippen LogP contribution is 2.47. The van der Waals surface area contributed by atoms with E-state index in [0.717, 1.165) is 44.4 Å². The van der Waals surface area contributed by atoms with E-state index in [0.29, 0.717) is 31.2 Å². The first-order chi connectivity index (χ1) is 30.3. The van der Waals surface area contributed by atoms with Crippen molar-refractivity contribution in [2.24, 2.45) is 17.3 Å². The number of fused-ring (bicyclic) bond motifs is 2. The van der Waals surface area contributed by atoms with Crippen molar-refractivity contribution >= 4 is 62.9 Å². The number of aliphatic hydroxyl groups is 1. The number of ketones is 1. The minimum atomic E-state index is -1.59. The van der Waals surface area contributed by atoms with Crippen LogP contribution in [0, 0.1) is 34.3 Å². The minimum Gasteiger partial charge on any atom is -0.457 e. The van der Waals surface area contributed by atoms with Crippen LogP contribution in [0.15, 0.2) is 61.2 Å². The lowest BCUT2D eigenvalue weighted by molar-refractivity contribution is -0.385. The van der Waals surface area contributed by atoms with E-state index in [1.54, 1.807) is 0 Å². The van der Waals surface area contributed by atoms with Gasteiger partial charge in [0, 0.05) is 43.5 Å². The number of nitrogens with zero attached hydrogens (tertiary/aromatic N) is 3. The van der Waals surface area contributed by atoms with E-state index in [2.05, 4.69) is 11.6 Å². The molecule has 17 nitrogen and oxygen atoms in total. The van der Waals surface area contributed by atoms with Crippen molar-refractivity contribution in [3.63, 3.8) is 0 Å². The Balaban J connectivity index is 1.19. The Kier molecular flexibility index (Phi) is 14.8. The summed E-state index contributed by atoms with van der Waals surface area (Å²) in [7, 11) is 0. The third-order valence-electron chi connectivity index (χ3n) is 12.2. The van der Waals surface area contributed by atoms with Gasteiger partial charge in [-0.1, -0.05) is 31.6 Å². The predicted octanol–water partition coefficient (Wildman–Crippen LogP) is 7.34. The molecule has 6 rings (SSSR count). The maximum absolute atomic E-state index is 14.5. The Hall–Kier alpha value is -5.85. The quantitative estimate of drug-likeness (QED) is 0.0356. The number of Topliss-reactive ketones (excluding diaryl/α,β-unsaturated/α-hetero) is 1. The molecule has 0 radical (unpaired) electrons. The Labute approximate surface area is 373 Å². The number of nitro benzene ring substituents is 1. The number of rotatable bonds is 12. The number of cyclic esters (lactones) is 1. The topological polar surface area (TPSA) is 231 Å². The Morgan fingerprint density at radius 2 is 1.84 bits per heavy atom. The molecule has 3 aromatic rings. The molecular formula is C46H53N3O14S. The maximum Gasteiger partial charge on any atom is 0.508 e. The first-order valence-corrected chi connectivity index (χ1v) is 22.0. The maximum atomic E-state index is 14.5. The van der Waals surface area contributed by atoms with E-state index >= 15 is 0 Å². The lowest BCUT2D eigenvalue weighted by Crippen LogP contribution is -2.48. The number of aryl methyl sites for hydroxylation is 1. The number of ether oxygens (including phenoxy) is 5. The molecule has 0 spiro atoms. The summed E-state index contributed by atoms with van der Waals surface area (Å²) in [6, 6.07) is 9.20. The molecule has 2 saturated heterocycles. The largest absolute Gasteiger partial charge is 0.508 e. The van der Waals surface area contributed by atoms with Crippen LogP contribution in [0.3, 0.4) is 0 Å². The number of benzene rings is 2. The molecule has 0 aliphatic carbocycles. The summed E-state index contributed by atoms with van der Waals surface area (Å²) < 4.78 is 29.7. The van der Waals surface area contributed by atoms with Gasteiger partial charge in [0.1, 0.15) is 24.6 Å². The third-order valence-corrected chi connectivity index (χ3v) is 13.2.